The molecular weight excluding hydrogens is 449 g/mol. The van der Waals surface area contributed by atoms with Gasteiger partial charge in [-0.15, -0.1) is 11.3 Å². The molecule has 34 heavy (non-hydrogen) atoms. The van der Waals surface area contributed by atoms with Crippen LogP contribution in [0.4, 0.5) is 4.39 Å². The summed E-state index contributed by atoms with van der Waals surface area (Å²) in [7, 11) is 0. The number of hydrogen-bond acceptors (Lipinski definition) is 4. The van der Waals surface area contributed by atoms with Crippen molar-refractivity contribution in [1.82, 2.24) is 0 Å². The molecule has 6 heteroatoms. The van der Waals surface area contributed by atoms with E-state index in [9.17, 15) is 14.0 Å². The number of hydrogen-bond donors (Lipinski definition) is 0. The van der Waals surface area contributed by atoms with Gasteiger partial charge in [0.1, 0.15) is 24.3 Å². The van der Waals surface area contributed by atoms with E-state index in [0.29, 0.717) is 16.9 Å². The van der Waals surface area contributed by atoms with Crippen LogP contribution < -0.4 is 0 Å². The molecule has 1 aromatic heterocycles. The fourth-order valence-electron chi connectivity index (χ4n) is 6.57. The summed E-state index contributed by atoms with van der Waals surface area (Å²) in [6.07, 6.45) is 8.37. The second-order valence-corrected chi connectivity index (χ2v) is 11.7. The monoisotopic (exact) mass is 484 g/mol. The fourth-order valence-corrected chi connectivity index (χ4v) is 7.54. The zero-order valence-electron chi connectivity index (χ0n) is 19.8. The molecular formula is C28H35FNO3S+. The van der Waals surface area contributed by atoms with Crippen molar-refractivity contribution in [3.05, 3.63) is 58.0 Å². The number of rotatable bonds is 7. The number of carbonyl (C=O) groups is 2. The molecule has 182 valence electrons. The van der Waals surface area contributed by atoms with Crippen molar-refractivity contribution < 1.29 is 23.2 Å². The molecule has 0 unspecified atom stereocenters. The second kappa shape index (κ2) is 9.90. The van der Waals surface area contributed by atoms with Crippen LogP contribution in [-0.4, -0.2) is 48.5 Å². The van der Waals surface area contributed by atoms with Gasteiger partial charge in [-0.05, 0) is 42.0 Å². The van der Waals surface area contributed by atoms with Crippen LogP contribution in [-0.2, 0) is 26.2 Å². The topological polar surface area (TPSA) is 43.4 Å². The van der Waals surface area contributed by atoms with Gasteiger partial charge in [-0.25, -0.2) is 4.39 Å². The average Bonchev–Trinajstić information content (AvgIpc) is 3.24. The third-order valence-corrected chi connectivity index (χ3v) is 9.52. The maximum absolute atomic E-state index is 13.8. The van der Waals surface area contributed by atoms with Gasteiger partial charge in [-0.3, -0.25) is 9.59 Å². The van der Waals surface area contributed by atoms with Crippen molar-refractivity contribution in [3.63, 3.8) is 0 Å². The Morgan fingerprint density at radius 3 is 2.50 bits per heavy atom. The van der Waals surface area contributed by atoms with E-state index in [1.54, 1.807) is 17.4 Å². The Hall–Kier alpha value is -2.05. The molecule has 3 aliphatic heterocycles. The van der Waals surface area contributed by atoms with Crippen molar-refractivity contribution in [1.29, 1.82) is 0 Å². The molecule has 4 heterocycles. The number of halogens is 1. The van der Waals surface area contributed by atoms with Crippen LogP contribution in [0.5, 0.6) is 0 Å². The number of piperidine rings is 3. The van der Waals surface area contributed by atoms with Gasteiger partial charge >= 0.3 is 5.97 Å². The van der Waals surface area contributed by atoms with E-state index in [2.05, 4.69) is 11.4 Å². The molecule has 0 N–H and O–H groups in total. The molecule has 4 nitrogen and oxygen atoms in total. The van der Waals surface area contributed by atoms with Crippen LogP contribution in [0.1, 0.15) is 61.8 Å². The van der Waals surface area contributed by atoms with E-state index < -0.39 is 5.41 Å². The number of Topliss-reactive ketones (excluding diaryl/α,β-unsaturated/α-hetero) is 1. The molecule has 1 aliphatic carbocycles. The quantitative estimate of drug-likeness (QED) is 0.298. The normalized spacial score (nSPS) is 28.3. The third-order valence-electron chi connectivity index (χ3n) is 8.44. The van der Waals surface area contributed by atoms with Crippen molar-refractivity contribution in [2.45, 2.75) is 69.3 Å². The first-order valence-corrected chi connectivity index (χ1v) is 13.7. The number of carbonyl (C=O) groups excluding carboxylic acids is 2. The minimum Gasteiger partial charge on any atom is -0.455 e. The Labute approximate surface area is 205 Å². The maximum Gasteiger partial charge on any atom is 0.317 e. The lowest BCUT2D eigenvalue weighted by molar-refractivity contribution is -0.939. The van der Waals surface area contributed by atoms with Crippen LogP contribution in [0.3, 0.4) is 0 Å². The summed E-state index contributed by atoms with van der Waals surface area (Å²) in [5, 5.41) is 2.06. The van der Waals surface area contributed by atoms with Gasteiger partial charge in [-0.1, -0.05) is 43.9 Å². The van der Waals surface area contributed by atoms with E-state index in [-0.39, 0.29) is 30.1 Å². The van der Waals surface area contributed by atoms with Crippen molar-refractivity contribution in [3.8, 4) is 0 Å². The Morgan fingerprint density at radius 1 is 1.06 bits per heavy atom. The molecule has 0 amide bonds. The van der Waals surface area contributed by atoms with E-state index in [4.69, 9.17) is 4.74 Å². The van der Waals surface area contributed by atoms with Gasteiger partial charge in [0.25, 0.3) is 0 Å². The van der Waals surface area contributed by atoms with Crippen molar-refractivity contribution in [2.24, 2.45) is 5.92 Å². The minimum atomic E-state index is -0.505. The predicted molar refractivity (Wildman–Crippen MR) is 131 cm³/mol. The molecule has 2 aromatic rings. The second-order valence-electron chi connectivity index (χ2n) is 10.7. The zero-order valence-corrected chi connectivity index (χ0v) is 20.7. The van der Waals surface area contributed by atoms with Gasteiger partial charge in [0.2, 0.25) is 0 Å². The number of nitrogens with zero attached hydrogens (tertiary/aromatic N) is 1. The lowest BCUT2D eigenvalue weighted by Gasteiger charge is -2.52. The van der Waals surface area contributed by atoms with Gasteiger partial charge in [0.05, 0.1) is 13.1 Å². The molecule has 4 fully saturated rings. The molecule has 1 aromatic carbocycles. The molecule has 1 saturated carbocycles. The summed E-state index contributed by atoms with van der Waals surface area (Å²) >= 11 is 1.68. The minimum absolute atomic E-state index is 0.0418. The fraction of sp³-hybridized carbons (Fsp3) is 0.571. The van der Waals surface area contributed by atoms with Gasteiger partial charge in [0.15, 0.2) is 11.9 Å². The van der Waals surface area contributed by atoms with E-state index in [1.807, 2.05) is 12.1 Å². The van der Waals surface area contributed by atoms with E-state index >= 15 is 0 Å². The van der Waals surface area contributed by atoms with Gasteiger partial charge < -0.3 is 9.22 Å². The lowest BCUT2D eigenvalue weighted by atomic mass is 9.78. The molecule has 2 bridgehead atoms. The Bertz CT molecular complexity index is 1000. The summed E-state index contributed by atoms with van der Waals surface area (Å²) in [5.74, 6) is 0.185. The first kappa shape index (κ1) is 23.7. The molecule has 6 rings (SSSR count). The third kappa shape index (κ3) is 4.85. The highest BCUT2D eigenvalue weighted by molar-refractivity contribution is 7.10. The SMILES string of the molecule is O=C(Cc1cccc(F)c1)C[N+]12CCC(CC1)[C@@H](OC(=O)C1(c3cccs3)CCCCCC1)C2. The van der Waals surface area contributed by atoms with Gasteiger partial charge in [0, 0.05) is 30.1 Å². The smallest absolute Gasteiger partial charge is 0.317 e. The summed E-state index contributed by atoms with van der Waals surface area (Å²) < 4.78 is 20.6. The first-order chi connectivity index (χ1) is 16.5. The highest BCUT2D eigenvalue weighted by Gasteiger charge is 2.51. The highest BCUT2D eigenvalue weighted by atomic mass is 32.1. The Morgan fingerprint density at radius 2 is 1.82 bits per heavy atom. The molecule has 4 aliphatic rings. The number of ether oxygens (including phenoxy) is 1. The summed E-state index contributed by atoms with van der Waals surface area (Å²) in [5.41, 5.74) is 0.221. The molecule has 3 saturated heterocycles. The highest BCUT2D eigenvalue weighted by Crippen LogP contribution is 2.43. The largest absolute Gasteiger partial charge is 0.455 e. The van der Waals surface area contributed by atoms with Crippen molar-refractivity contribution in [2.75, 3.05) is 26.2 Å². The zero-order chi connectivity index (χ0) is 23.6. The lowest BCUT2D eigenvalue weighted by Crippen LogP contribution is -2.66. The number of fused-ring (bicyclic) bond motifs is 3. The predicted octanol–water partition coefficient (Wildman–Crippen LogP) is 5.44. The van der Waals surface area contributed by atoms with Crippen LogP contribution in [0.2, 0.25) is 0 Å². The first-order valence-electron chi connectivity index (χ1n) is 12.8. The Balaban J connectivity index is 1.28. The molecule has 1 atom stereocenters. The number of benzene rings is 1. The number of thiophene rings is 1. The number of ketones is 1. The standard InChI is InChI=1S/C28H35FNO3S/c29-23-8-5-7-21(17-23)18-24(31)19-30-14-10-22(11-15-30)25(20-30)33-27(32)28(26-9-6-16-34-26)12-3-1-2-4-13-28/h5-9,16-17,22,25H,1-4,10-15,18-20H2/q+1/t22?,25-,30?/m0/s1. The summed E-state index contributed by atoms with van der Waals surface area (Å²) in [6, 6.07) is 10.5. The molecule has 0 spiro atoms. The summed E-state index contributed by atoms with van der Waals surface area (Å²) in [6.45, 7) is 3.09. The average molecular weight is 485 g/mol. The van der Waals surface area contributed by atoms with Crippen LogP contribution in [0, 0.1) is 11.7 Å². The van der Waals surface area contributed by atoms with E-state index in [1.165, 1.54) is 25.0 Å². The van der Waals surface area contributed by atoms with E-state index in [0.717, 1.165) is 68.6 Å². The van der Waals surface area contributed by atoms with Crippen molar-refractivity contribution >= 4 is 23.1 Å². The van der Waals surface area contributed by atoms with Gasteiger partial charge in [-0.2, -0.15) is 0 Å². The maximum atomic E-state index is 13.8. The van der Waals surface area contributed by atoms with Crippen LogP contribution >= 0.6 is 11.3 Å². The number of esters is 1. The Kier molecular flexibility index (Phi) is 6.90. The van der Waals surface area contributed by atoms with Crippen LogP contribution in [0.25, 0.3) is 0 Å². The van der Waals surface area contributed by atoms with Crippen LogP contribution in [0.15, 0.2) is 41.8 Å². The summed E-state index contributed by atoms with van der Waals surface area (Å²) in [4.78, 5) is 27.9. The molecule has 0 radical (unpaired) electrons. The number of quaternary nitrogens is 1.